The molecule has 1 aromatic rings. The van der Waals surface area contributed by atoms with Crippen LogP contribution < -0.4 is 4.74 Å². The summed E-state index contributed by atoms with van der Waals surface area (Å²) in [5.41, 5.74) is 0. The quantitative estimate of drug-likeness (QED) is 0.541. The van der Waals surface area contributed by atoms with Crippen LogP contribution in [0.25, 0.3) is 0 Å². The van der Waals surface area contributed by atoms with E-state index in [0.29, 0.717) is 6.61 Å². The Bertz CT molecular complexity index is 254. The molecule has 0 aliphatic rings. The van der Waals surface area contributed by atoms with Crippen LogP contribution in [0.4, 0.5) is 0 Å². The van der Waals surface area contributed by atoms with Crippen LogP contribution in [0, 0.1) is 0 Å². The fraction of sp³-hybridized carbons (Fsp3) is 0.455. The molecule has 77 valence electrons. The normalized spacial score (nSPS) is 11.4. The zero-order chi connectivity index (χ0) is 10.4. The van der Waals surface area contributed by atoms with Crippen molar-refractivity contribution < 1.29 is 9.53 Å². The molecule has 0 spiro atoms. The highest BCUT2D eigenvalue weighted by Gasteiger charge is 2.18. The predicted molar refractivity (Wildman–Crippen MR) is 59.5 cm³/mol. The molecule has 0 saturated carbocycles. The summed E-state index contributed by atoms with van der Waals surface area (Å²) in [5, 5.41) is 0. The van der Waals surface area contributed by atoms with Crippen LogP contribution in [-0.2, 0) is 4.80 Å². The molecule has 0 atom stereocenters. The molecule has 2 nitrogen and oxygen atoms in total. The van der Waals surface area contributed by atoms with Crippen molar-refractivity contribution in [1.82, 2.24) is 0 Å². The van der Waals surface area contributed by atoms with E-state index in [-0.39, 0.29) is 0 Å². The van der Waals surface area contributed by atoms with Crippen molar-refractivity contribution in [1.29, 1.82) is 0 Å². The van der Waals surface area contributed by atoms with E-state index in [0.717, 1.165) is 18.2 Å². The molecule has 0 aliphatic heterocycles. The summed E-state index contributed by atoms with van der Waals surface area (Å²) in [5.74, 6) is 0.887. The summed E-state index contributed by atoms with van der Waals surface area (Å²) in [6.45, 7) is 4.34. The molecule has 0 amide bonds. The third kappa shape index (κ3) is 5.04. The largest absolute Gasteiger partial charge is 0.494 e. The monoisotopic (exact) mass is 209 g/mol. The van der Waals surface area contributed by atoms with E-state index in [1.807, 2.05) is 43.4 Å². The lowest BCUT2D eigenvalue weighted by molar-refractivity contribution is 0.312. The van der Waals surface area contributed by atoms with Gasteiger partial charge >= 0.3 is 0 Å². The predicted octanol–water partition coefficient (Wildman–Crippen LogP) is 3.09. The molecule has 0 fully saturated rings. The van der Waals surface area contributed by atoms with E-state index >= 15 is 0 Å². The average molecular weight is 209 g/mol. The molecule has 1 aromatic carbocycles. The van der Waals surface area contributed by atoms with Gasteiger partial charge in [-0.3, -0.25) is 4.80 Å². The van der Waals surface area contributed by atoms with Crippen molar-refractivity contribution in [2.24, 2.45) is 0 Å². The summed E-state index contributed by atoms with van der Waals surface area (Å²) in [7, 11) is -2.13. The lowest BCUT2D eigenvalue weighted by Crippen LogP contribution is -2.23. The molecule has 0 N–H and O–H groups in total. The third-order valence-electron chi connectivity index (χ3n) is 1.94. The maximum absolute atomic E-state index is 11.4. The Labute approximate surface area is 86.7 Å². The van der Waals surface area contributed by atoms with Gasteiger partial charge in [-0.1, -0.05) is 18.2 Å². The van der Waals surface area contributed by atoms with Crippen LogP contribution >= 0.6 is 0 Å². The van der Waals surface area contributed by atoms with Gasteiger partial charge in [0.05, 0.1) is 6.61 Å². The van der Waals surface area contributed by atoms with Gasteiger partial charge < -0.3 is 4.74 Å². The van der Waals surface area contributed by atoms with Gasteiger partial charge in [-0.15, -0.1) is 0 Å². The first-order chi connectivity index (χ1) is 6.58. The van der Waals surface area contributed by atoms with Gasteiger partial charge in [-0.2, -0.15) is 0 Å². The van der Waals surface area contributed by atoms with Crippen LogP contribution in [0.2, 0.25) is 19.1 Å². The molecule has 0 bridgehead atoms. The van der Waals surface area contributed by atoms with Gasteiger partial charge in [0.2, 0.25) is 8.32 Å². The second-order valence-electron chi connectivity index (χ2n) is 4.02. The minimum atomic E-state index is -2.13. The zero-order valence-corrected chi connectivity index (χ0v) is 9.82. The standard InChI is InChI=1S/C11H17O2Si/c1-14(2,12)10-6-9-13-11-7-4-3-5-8-11/h3-5,7-8H,6,9-10H2,1-2H3. The average Bonchev–Trinajstić information content (AvgIpc) is 2.13. The number of hydrogen-bond acceptors (Lipinski definition) is 1. The van der Waals surface area contributed by atoms with Crippen LogP contribution in [-0.4, -0.2) is 14.9 Å². The first-order valence-electron chi connectivity index (χ1n) is 4.96. The Morgan fingerprint density at radius 1 is 1.21 bits per heavy atom. The van der Waals surface area contributed by atoms with Gasteiger partial charge in [0, 0.05) is 0 Å². The molecule has 3 heteroatoms. The zero-order valence-electron chi connectivity index (χ0n) is 8.82. The summed E-state index contributed by atoms with van der Waals surface area (Å²) < 4.78 is 5.48. The molecule has 1 rings (SSSR count). The van der Waals surface area contributed by atoms with Gasteiger partial charge in [-0.25, -0.2) is 0 Å². The van der Waals surface area contributed by atoms with Gasteiger partial charge in [0.25, 0.3) is 0 Å². The number of benzene rings is 1. The van der Waals surface area contributed by atoms with Gasteiger partial charge in [0.15, 0.2) is 0 Å². The molecule has 0 aromatic heterocycles. The molecule has 0 saturated heterocycles. The van der Waals surface area contributed by atoms with E-state index < -0.39 is 8.32 Å². The number of rotatable bonds is 5. The first-order valence-corrected chi connectivity index (χ1v) is 8.08. The maximum atomic E-state index is 11.4. The number of ether oxygens (including phenoxy) is 1. The lowest BCUT2D eigenvalue weighted by atomic mass is 10.3. The van der Waals surface area contributed by atoms with Crippen molar-refractivity contribution in [2.75, 3.05) is 6.61 Å². The summed E-state index contributed by atoms with van der Waals surface area (Å²) in [6, 6.07) is 10.5. The van der Waals surface area contributed by atoms with E-state index in [2.05, 4.69) is 0 Å². The highest BCUT2D eigenvalue weighted by Crippen LogP contribution is 2.12. The molecule has 14 heavy (non-hydrogen) atoms. The van der Waals surface area contributed by atoms with Gasteiger partial charge in [-0.05, 0) is 37.7 Å². The van der Waals surface area contributed by atoms with Crippen LogP contribution in [0.1, 0.15) is 6.42 Å². The molecule has 0 heterocycles. The third-order valence-corrected chi connectivity index (χ3v) is 3.49. The van der Waals surface area contributed by atoms with Gasteiger partial charge in [0.1, 0.15) is 5.75 Å². The van der Waals surface area contributed by atoms with Crippen molar-refractivity contribution in [3.63, 3.8) is 0 Å². The van der Waals surface area contributed by atoms with E-state index in [1.54, 1.807) is 0 Å². The molecular weight excluding hydrogens is 192 g/mol. The molecular formula is C11H17O2Si. The topological polar surface area (TPSA) is 29.1 Å². The lowest BCUT2D eigenvalue weighted by Gasteiger charge is -2.11. The second-order valence-corrected chi connectivity index (χ2v) is 8.04. The fourth-order valence-electron chi connectivity index (χ4n) is 1.20. The Balaban J connectivity index is 2.17. The van der Waals surface area contributed by atoms with Crippen molar-refractivity contribution in [3.8, 4) is 5.75 Å². The number of hydrogen-bond donors (Lipinski definition) is 0. The highest BCUT2D eigenvalue weighted by molar-refractivity contribution is 6.69. The Morgan fingerprint density at radius 2 is 1.86 bits per heavy atom. The Kier molecular flexibility index (Phi) is 4.16. The summed E-state index contributed by atoms with van der Waals surface area (Å²) in [6.07, 6.45) is 0.873. The smallest absolute Gasteiger partial charge is 0.231 e. The van der Waals surface area contributed by atoms with E-state index in [4.69, 9.17) is 4.74 Å². The van der Waals surface area contributed by atoms with E-state index in [1.165, 1.54) is 0 Å². The Morgan fingerprint density at radius 3 is 2.43 bits per heavy atom. The minimum absolute atomic E-state index is 0.655. The van der Waals surface area contributed by atoms with Crippen LogP contribution in [0.5, 0.6) is 5.75 Å². The SMILES string of the molecule is C[Si](C)([O])CCCOc1ccccc1. The van der Waals surface area contributed by atoms with E-state index in [9.17, 15) is 4.80 Å². The summed E-state index contributed by atoms with van der Waals surface area (Å²) >= 11 is 0. The Hall–Kier alpha value is -0.803. The second kappa shape index (κ2) is 5.17. The number of para-hydroxylation sites is 1. The highest BCUT2D eigenvalue weighted by atomic mass is 28.4. The molecule has 1 radical (unpaired) electrons. The molecule has 0 unspecified atom stereocenters. The van der Waals surface area contributed by atoms with Crippen molar-refractivity contribution >= 4 is 8.32 Å². The molecule has 0 aliphatic carbocycles. The van der Waals surface area contributed by atoms with Crippen LogP contribution in [0.15, 0.2) is 30.3 Å². The van der Waals surface area contributed by atoms with Crippen molar-refractivity contribution in [2.45, 2.75) is 25.6 Å². The first kappa shape index (κ1) is 11.3. The summed E-state index contributed by atoms with van der Waals surface area (Å²) in [4.78, 5) is 11.4. The van der Waals surface area contributed by atoms with Crippen LogP contribution in [0.3, 0.4) is 0 Å². The van der Waals surface area contributed by atoms with Crippen molar-refractivity contribution in [3.05, 3.63) is 30.3 Å². The minimum Gasteiger partial charge on any atom is -0.494 e. The maximum Gasteiger partial charge on any atom is 0.231 e. The fourth-order valence-corrected chi connectivity index (χ4v) is 2.20.